The van der Waals surface area contributed by atoms with Crippen LogP contribution in [0.15, 0.2) is 95.9 Å². The molecule has 1 unspecified atom stereocenters. The number of hydrogen-bond donors (Lipinski definition) is 1. The number of nitrogens with one attached hydrogen (secondary N) is 1. The lowest BCUT2D eigenvalue weighted by Crippen LogP contribution is -2.45. The van der Waals surface area contributed by atoms with E-state index in [0.29, 0.717) is 17.7 Å². The third-order valence-corrected chi connectivity index (χ3v) is 6.88. The van der Waals surface area contributed by atoms with Crippen LogP contribution in [0.25, 0.3) is 0 Å². The first-order valence-electron chi connectivity index (χ1n) is 9.91. The fourth-order valence-electron chi connectivity index (χ4n) is 3.89. The number of benzene rings is 3. The minimum atomic E-state index is -0.956. The SMILES string of the molecule is O=S(C[C@@H]1CCC[C@H]1NN(c1ccccc1)c1ccccc1)c1ccccc1. The van der Waals surface area contributed by atoms with Gasteiger partial charge in [-0.05, 0) is 55.2 Å². The van der Waals surface area contributed by atoms with Crippen LogP contribution >= 0.6 is 0 Å². The molecule has 0 radical (unpaired) electrons. The maximum absolute atomic E-state index is 12.8. The van der Waals surface area contributed by atoms with Gasteiger partial charge in [0.15, 0.2) is 0 Å². The molecule has 1 N–H and O–H groups in total. The maximum Gasteiger partial charge on any atom is 0.0577 e. The van der Waals surface area contributed by atoms with Gasteiger partial charge in [-0.1, -0.05) is 61.0 Å². The summed E-state index contributed by atoms with van der Waals surface area (Å²) in [5.41, 5.74) is 5.98. The predicted octanol–water partition coefficient (Wildman–Crippen LogP) is 5.31. The van der Waals surface area contributed by atoms with E-state index in [1.807, 2.05) is 42.5 Å². The second-order valence-corrected chi connectivity index (χ2v) is 8.75. The van der Waals surface area contributed by atoms with E-state index in [9.17, 15) is 4.21 Å². The van der Waals surface area contributed by atoms with Crippen LogP contribution in [0.5, 0.6) is 0 Å². The van der Waals surface area contributed by atoms with E-state index in [1.165, 1.54) is 6.42 Å². The standard InChI is InChI=1S/C24H26N2OS/c27-28(23-16-8-3-9-17-23)19-20-11-10-18-24(20)25-26(21-12-4-1-5-13-21)22-14-6-2-7-15-22/h1-9,12-17,20,24-25H,10-11,18-19H2/t20-,24+,28?/m0/s1. The van der Waals surface area contributed by atoms with Crippen molar-refractivity contribution in [3.8, 4) is 0 Å². The average molecular weight is 391 g/mol. The highest BCUT2D eigenvalue weighted by Gasteiger charge is 2.30. The lowest BCUT2D eigenvalue weighted by molar-refractivity contribution is 0.434. The van der Waals surface area contributed by atoms with Crippen LogP contribution in [0.4, 0.5) is 11.4 Å². The number of nitrogens with zero attached hydrogens (tertiary/aromatic N) is 1. The first kappa shape index (κ1) is 18.9. The van der Waals surface area contributed by atoms with Crippen molar-refractivity contribution < 1.29 is 4.21 Å². The molecule has 4 heteroatoms. The summed E-state index contributed by atoms with van der Waals surface area (Å²) in [4.78, 5) is 0.927. The highest BCUT2D eigenvalue weighted by molar-refractivity contribution is 7.85. The van der Waals surface area contributed by atoms with E-state index in [1.54, 1.807) is 0 Å². The summed E-state index contributed by atoms with van der Waals surface area (Å²) >= 11 is 0. The van der Waals surface area contributed by atoms with Crippen LogP contribution in [0.1, 0.15) is 19.3 Å². The van der Waals surface area contributed by atoms with Crippen LogP contribution in [0.3, 0.4) is 0 Å². The van der Waals surface area contributed by atoms with Gasteiger partial charge in [-0.2, -0.15) is 0 Å². The average Bonchev–Trinajstić information content (AvgIpc) is 3.20. The summed E-state index contributed by atoms with van der Waals surface area (Å²) in [5, 5.41) is 2.18. The van der Waals surface area contributed by atoms with E-state index in [4.69, 9.17) is 0 Å². The van der Waals surface area contributed by atoms with Crippen molar-refractivity contribution in [3.63, 3.8) is 0 Å². The molecule has 3 aromatic rings. The monoisotopic (exact) mass is 390 g/mol. The van der Waals surface area contributed by atoms with Crippen molar-refractivity contribution in [2.24, 2.45) is 5.92 Å². The lowest BCUT2D eigenvalue weighted by atomic mass is 10.1. The number of para-hydroxylation sites is 2. The topological polar surface area (TPSA) is 32.3 Å². The fraction of sp³-hybridized carbons (Fsp3) is 0.250. The molecule has 1 fully saturated rings. The Hall–Kier alpha value is -2.43. The highest BCUT2D eigenvalue weighted by Crippen LogP contribution is 2.31. The van der Waals surface area contributed by atoms with Gasteiger partial charge in [-0.3, -0.25) is 9.22 Å². The zero-order valence-corrected chi connectivity index (χ0v) is 16.7. The zero-order valence-electron chi connectivity index (χ0n) is 15.9. The Bertz CT molecular complexity index is 847. The van der Waals surface area contributed by atoms with E-state index in [2.05, 4.69) is 59.0 Å². The zero-order chi connectivity index (χ0) is 19.2. The Morgan fingerprint density at radius 2 is 1.32 bits per heavy atom. The van der Waals surface area contributed by atoms with Gasteiger partial charge >= 0.3 is 0 Å². The second-order valence-electron chi connectivity index (χ2n) is 7.26. The molecule has 0 heterocycles. The molecule has 144 valence electrons. The first-order valence-corrected chi connectivity index (χ1v) is 11.2. The van der Waals surface area contributed by atoms with Gasteiger partial charge in [0.25, 0.3) is 0 Å². The Kier molecular flexibility index (Phi) is 6.20. The third-order valence-electron chi connectivity index (χ3n) is 5.35. The van der Waals surface area contributed by atoms with Crippen molar-refractivity contribution in [2.45, 2.75) is 30.2 Å². The fourth-order valence-corrected chi connectivity index (χ4v) is 5.33. The smallest absolute Gasteiger partial charge is 0.0577 e. The largest absolute Gasteiger partial charge is 0.277 e. The summed E-state index contributed by atoms with van der Waals surface area (Å²) in [6.45, 7) is 0. The molecular formula is C24H26N2OS. The van der Waals surface area contributed by atoms with Crippen LogP contribution in [-0.2, 0) is 10.8 Å². The summed E-state index contributed by atoms with van der Waals surface area (Å²) in [6, 6.07) is 30.9. The van der Waals surface area contributed by atoms with E-state index >= 15 is 0 Å². The molecule has 0 aromatic heterocycles. The summed E-state index contributed by atoms with van der Waals surface area (Å²) in [5.74, 6) is 1.11. The van der Waals surface area contributed by atoms with E-state index < -0.39 is 10.8 Å². The van der Waals surface area contributed by atoms with E-state index in [0.717, 1.165) is 29.1 Å². The molecule has 0 saturated heterocycles. The van der Waals surface area contributed by atoms with Crippen LogP contribution in [-0.4, -0.2) is 16.0 Å². The highest BCUT2D eigenvalue weighted by atomic mass is 32.2. The Labute approximate surface area is 169 Å². The molecule has 0 bridgehead atoms. The molecule has 4 rings (SSSR count). The molecule has 0 amide bonds. The first-order chi connectivity index (χ1) is 13.8. The Balaban J connectivity index is 1.52. The van der Waals surface area contributed by atoms with Crippen molar-refractivity contribution in [3.05, 3.63) is 91.0 Å². The molecule has 1 aliphatic rings. The Morgan fingerprint density at radius 1 is 0.786 bits per heavy atom. The van der Waals surface area contributed by atoms with Gasteiger partial charge in [0.05, 0.1) is 22.2 Å². The van der Waals surface area contributed by atoms with Crippen molar-refractivity contribution in [1.29, 1.82) is 0 Å². The normalized spacial score (nSPS) is 20.0. The number of hydrogen-bond acceptors (Lipinski definition) is 3. The molecule has 1 aliphatic carbocycles. The van der Waals surface area contributed by atoms with Crippen molar-refractivity contribution >= 4 is 22.2 Å². The summed E-state index contributed by atoms with van der Waals surface area (Å²) in [7, 11) is -0.956. The molecule has 0 aliphatic heterocycles. The number of hydrazine groups is 1. The molecular weight excluding hydrogens is 364 g/mol. The minimum Gasteiger partial charge on any atom is -0.277 e. The van der Waals surface area contributed by atoms with Gasteiger partial charge < -0.3 is 0 Å². The Morgan fingerprint density at radius 3 is 1.89 bits per heavy atom. The quantitative estimate of drug-likeness (QED) is 0.555. The van der Waals surface area contributed by atoms with Gasteiger partial charge in [-0.25, -0.2) is 5.43 Å². The molecule has 28 heavy (non-hydrogen) atoms. The van der Waals surface area contributed by atoms with Gasteiger partial charge in [-0.15, -0.1) is 0 Å². The summed E-state index contributed by atoms with van der Waals surface area (Å²) in [6.07, 6.45) is 3.40. The van der Waals surface area contributed by atoms with Gasteiger partial charge in [0, 0.05) is 16.7 Å². The van der Waals surface area contributed by atoms with E-state index in [-0.39, 0.29) is 0 Å². The summed E-state index contributed by atoms with van der Waals surface area (Å²) < 4.78 is 12.8. The molecule has 3 nitrogen and oxygen atoms in total. The predicted molar refractivity (Wildman–Crippen MR) is 117 cm³/mol. The maximum atomic E-state index is 12.8. The number of rotatable bonds is 7. The molecule has 1 saturated carbocycles. The van der Waals surface area contributed by atoms with Crippen molar-refractivity contribution in [1.82, 2.24) is 5.43 Å². The van der Waals surface area contributed by atoms with Crippen molar-refractivity contribution in [2.75, 3.05) is 10.8 Å². The minimum absolute atomic E-state index is 0.313. The van der Waals surface area contributed by atoms with Crippen LogP contribution < -0.4 is 10.4 Å². The molecule has 3 atom stereocenters. The van der Waals surface area contributed by atoms with Crippen LogP contribution in [0.2, 0.25) is 0 Å². The lowest BCUT2D eigenvalue weighted by Gasteiger charge is -2.32. The second kappa shape index (κ2) is 9.18. The number of anilines is 2. The third kappa shape index (κ3) is 4.51. The van der Waals surface area contributed by atoms with Gasteiger partial charge in [0.1, 0.15) is 0 Å². The van der Waals surface area contributed by atoms with Crippen LogP contribution in [0, 0.1) is 5.92 Å². The van der Waals surface area contributed by atoms with Gasteiger partial charge in [0.2, 0.25) is 0 Å². The molecule has 3 aromatic carbocycles. The molecule has 0 spiro atoms.